The lowest BCUT2D eigenvalue weighted by molar-refractivity contribution is -0.137. The Morgan fingerprint density at radius 1 is 1.23 bits per heavy atom. The molecule has 0 amide bonds. The number of carbonyl (C=O) groups excluding carboxylic acids is 1. The number of halogens is 4. The molecule has 8 heteroatoms. The van der Waals surface area contributed by atoms with Crippen LogP contribution in [0.3, 0.4) is 0 Å². The number of benzene rings is 1. The molecule has 0 saturated carbocycles. The summed E-state index contributed by atoms with van der Waals surface area (Å²) in [6, 6.07) is 5.69. The quantitative estimate of drug-likeness (QED) is 0.571. The average molecular weight is 440 g/mol. The third-order valence-corrected chi connectivity index (χ3v) is 5.20. The highest BCUT2D eigenvalue weighted by molar-refractivity contribution is 6.31. The first-order chi connectivity index (χ1) is 13.9. The van der Waals surface area contributed by atoms with E-state index in [0.29, 0.717) is 31.0 Å². The normalized spacial score (nSPS) is 16.7. The molecule has 0 atom stereocenters. The van der Waals surface area contributed by atoms with Gasteiger partial charge in [0, 0.05) is 19.0 Å². The van der Waals surface area contributed by atoms with Gasteiger partial charge in [-0.05, 0) is 41.2 Å². The first kappa shape index (κ1) is 22.2. The van der Waals surface area contributed by atoms with E-state index < -0.39 is 11.7 Å². The van der Waals surface area contributed by atoms with Crippen molar-refractivity contribution in [3.63, 3.8) is 0 Å². The van der Waals surface area contributed by atoms with Crippen molar-refractivity contribution >= 4 is 23.0 Å². The zero-order chi connectivity index (χ0) is 22.3. The lowest BCUT2D eigenvalue weighted by Gasteiger charge is -2.30. The van der Waals surface area contributed by atoms with E-state index >= 15 is 0 Å². The number of hydrogen-bond acceptors (Lipinski definition) is 4. The summed E-state index contributed by atoms with van der Waals surface area (Å²) < 4.78 is 44.0. The van der Waals surface area contributed by atoms with Gasteiger partial charge in [0.05, 0.1) is 11.1 Å². The van der Waals surface area contributed by atoms with E-state index in [9.17, 15) is 23.1 Å². The number of aryl methyl sites for hydroxylation is 1. The van der Waals surface area contributed by atoms with Crippen LogP contribution < -0.4 is 4.74 Å². The van der Waals surface area contributed by atoms with Crippen molar-refractivity contribution in [3.05, 3.63) is 57.9 Å². The van der Waals surface area contributed by atoms with Crippen LogP contribution in [0.1, 0.15) is 50.3 Å². The number of alkyl halides is 3. The molecule has 2 aromatic rings. The second kappa shape index (κ2) is 7.95. The van der Waals surface area contributed by atoms with Crippen molar-refractivity contribution in [2.45, 2.75) is 46.2 Å². The van der Waals surface area contributed by atoms with Crippen LogP contribution in [0, 0.1) is 5.41 Å². The molecule has 0 bridgehead atoms. The highest BCUT2D eigenvalue weighted by atomic mass is 35.5. The highest BCUT2D eigenvalue weighted by Gasteiger charge is 2.35. The van der Waals surface area contributed by atoms with Crippen LogP contribution in [-0.4, -0.2) is 15.9 Å². The number of ether oxygens (including phenoxy) is 1. The number of allylic oxidation sites excluding steroid dienone is 2. The van der Waals surface area contributed by atoms with E-state index in [4.69, 9.17) is 16.3 Å². The maximum atomic E-state index is 12.8. The van der Waals surface area contributed by atoms with Gasteiger partial charge in [-0.2, -0.15) is 13.2 Å². The number of aromatic nitrogens is 1. The molecule has 0 unspecified atom stereocenters. The summed E-state index contributed by atoms with van der Waals surface area (Å²) in [7, 11) is 0. The number of aliphatic hydroxyl groups is 1. The summed E-state index contributed by atoms with van der Waals surface area (Å²) in [6.45, 7) is 5.75. The van der Waals surface area contributed by atoms with Crippen LogP contribution in [-0.2, 0) is 17.4 Å². The molecule has 4 nitrogen and oxygen atoms in total. The van der Waals surface area contributed by atoms with Crippen molar-refractivity contribution in [3.8, 4) is 11.6 Å². The third-order valence-electron chi connectivity index (χ3n) is 4.93. The Morgan fingerprint density at radius 3 is 2.50 bits per heavy atom. The number of aliphatic hydroxyl groups excluding tert-OH is 1. The number of carbonyl (C=O) groups is 1. The van der Waals surface area contributed by atoms with E-state index in [-0.39, 0.29) is 39.2 Å². The Bertz CT molecular complexity index is 1030. The molecule has 1 aliphatic rings. The first-order valence-corrected chi connectivity index (χ1v) is 9.78. The van der Waals surface area contributed by atoms with Crippen molar-refractivity contribution in [1.82, 2.24) is 4.98 Å². The number of hydrogen-bond donors (Lipinski definition) is 1. The minimum atomic E-state index is -4.57. The van der Waals surface area contributed by atoms with Gasteiger partial charge in [0.2, 0.25) is 5.88 Å². The molecule has 0 spiro atoms. The van der Waals surface area contributed by atoms with Crippen LogP contribution >= 0.6 is 11.6 Å². The van der Waals surface area contributed by atoms with Gasteiger partial charge in [-0.3, -0.25) is 4.79 Å². The van der Waals surface area contributed by atoms with Crippen LogP contribution in [0.2, 0.25) is 5.02 Å². The number of Topliss-reactive ketones (excluding diaryl/α,β-unsaturated/α-hetero) is 1. The molecule has 30 heavy (non-hydrogen) atoms. The predicted octanol–water partition coefficient (Wildman–Crippen LogP) is 6.77. The summed E-state index contributed by atoms with van der Waals surface area (Å²) in [6.07, 6.45) is -2.64. The second-order valence-electron chi connectivity index (χ2n) is 8.05. The summed E-state index contributed by atoms with van der Waals surface area (Å²) >= 11 is 5.92. The average Bonchev–Trinajstić information content (AvgIpc) is 2.61. The Kier molecular flexibility index (Phi) is 5.87. The molecule has 1 heterocycles. The summed E-state index contributed by atoms with van der Waals surface area (Å²) in [4.78, 5) is 16.4. The number of ketones is 1. The van der Waals surface area contributed by atoms with Gasteiger partial charge >= 0.3 is 6.18 Å². The molecule has 160 valence electrons. The van der Waals surface area contributed by atoms with Crippen molar-refractivity contribution in [1.29, 1.82) is 0 Å². The summed E-state index contributed by atoms with van der Waals surface area (Å²) in [5.74, 6) is -0.0847. The SMILES string of the molecule is CCc1ccc(Oc2ncc(C(F)(F)F)cc2Cl)cc1C1=C(O)CC(C)(C)CC1=O. The van der Waals surface area contributed by atoms with E-state index in [1.807, 2.05) is 20.8 Å². The molecule has 0 radical (unpaired) electrons. The Labute approximate surface area is 177 Å². The number of nitrogens with zero attached hydrogens (tertiary/aromatic N) is 1. The fraction of sp³-hybridized carbons (Fsp3) is 0.364. The monoisotopic (exact) mass is 439 g/mol. The fourth-order valence-corrected chi connectivity index (χ4v) is 3.73. The first-order valence-electron chi connectivity index (χ1n) is 9.40. The maximum absolute atomic E-state index is 12.8. The van der Waals surface area contributed by atoms with Crippen molar-refractivity contribution in [2.75, 3.05) is 0 Å². The molecule has 0 fully saturated rings. The second-order valence-corrected chi connectivity index (χ2v) is 8.45. The van der Waals surface area contributed by atoms with E-state index in [2.05, 4.69) is 4.98 Å². The molecule has 1 aromatic heterocycles. The third kappa shape index (κ3) is 4.61. The highest BCUT2D eigenvalue weighted by Crippen LogP contribution is 2.41. The van der Waals surface area contributed by atoms with Gasteiger partial charge in [-0.15, -0.1) is 0 Å². The van der Waals surface area contributed by atoms with E-state index in [1.54, 1.807) is 18.2 Å². The molecule has 1 aromatic carbocycles. The van der Waals surface area contributed by atoms with Crippen LogP contribution in [0.4, 0.5) is 13.2 Å². The lowest BCUT2D eigenvalue weighted by Crippen LogP contribution is -2.25. The molecule has 1 aliphatic carbocycles. The van der Waals surface area contributed by atoms with Crippen molar-refractivity contribution in [2.24, 2.45) is 5.41 Å². The summed E-state index contributed by atoms with van der Waals surface area (Å²) in [5.41, 5.74) is 0.318. The van der Waals surface area contributed by atoms with Gasteiger partial charge in [-0.1, -0.05) is 38.4 Å². The fourth-order valence-electron chi connectivity index (χ4n) is 3.52. The Morgan fingerprint density at radius 2 is 1.93 bits per heavy atom. The van der Waals surface area contributed by atoms with Crippen LogP contribution in [0.15, 0.2) is 36.2 Å². The summed E-state index contributed by atoms with van der Waals surface area (Å²) in [5, 5.41) is 10.3. The minimum absolute atomic E-state index is 0.0220. The van der Waals surface area contributed by atoms with Crippen LogP contribution in [0.5, 0.6) is 11.6 Å². The van der Waals surface area contributed by atoms with Crippen LogP contribution in [0.25, 0.3) is 5.57 Å². The smallest absolute Gasteiger partial charge is 0.417 e. The number of pyridine rings is 1. The Balaban J connectivity index is 1.99. The Hall–Kier alpha value is -2.54. The topological polar surface area (TPSA) is 59.4 Å². The zero-order valence-electron chi connectivity index (χ0n) is 16.7. The standard InChI is InChI=1S/C22H21ClF3NO3/c1-4-12-5-6-14(30-20-16(23)7-13(11-27-20)22(24,25)26)8-15(12)19-17(28)9-21(2,3)10-18(19)29/h5-8,11,28H,4,9-10H2,1-3H3. The van der Waals surface area contributed by atoms with Gasteiger partial charge < -0.3 is 9.84 Å². The number of rotatable bonds is 4. The molecular formula is C22H21ClF3NO3. The maximum Gasteiger partial charge on any atom is 0.417 e. The predicted molar refractivity (Wildman–Crippen MR) is 108 cm³/mol. The van der Waals surface area contributed by atoms with E-state index in [0.717, 1.165) is 11.6 Å². The van der Waals surface area contributed by atoms with Gasteiger partial charge in [0.15, 0.2) is 5.78 Å². The molecular weight excluding hydrogens is 419 g/mol. The molecule has 3 rings (SSSR count). The van der Waals surface area contributed by atoms with Crippen molar-refractivity contribution < 1.29 is 27.8 Å². The minimum Gasteiger partial charge on any atom is -0.512 e. The molecule has 0 saturated heterocycles. The lowest BCUT2D eigenvalue weighted by atomic mass is 9.74. The zero-order valence-corrected chi connectivity index (χ0v) is 17.5. The van der Waals surface area contributed by atoms with Gasteiger partial charge in [0.25, 0.3) is 0 Å². The van der Waals surface area contributed by atoms with Gasteiger partial charge in [-0.25, -0.2) is 4.98 Å². The molecule has 1 N–H and O–H groups in total. The largest absolute Gasteiger partial charge is 0.512 e. The van der Waals surface area contributed by atoms with Gasteiger partial charge in [0.1, 0.15) is 16.5 Å². The van der Waals surface area contributed by atoms with E-state index in [1.165, 1.54) is 0 Å². The molecule has 0 aliphatic heterocycles.